The number of allylic oxidation sites excluding steroid dienone is 3. The molecule has 1 aromatic rings. The van der Waals surface area contributed by atoms with Gasteiger partial charge in [0.25, 0.3) is 5.91 Å². The zero-order valence-electron chi connectivity index (χ0n) is 18.9. The van der Waals surface area contributed by atoms with Crippen molar-refractivity contribution in [3.05, 3.63) is 59.7 Å². The zero-order valence-corrected chi connectivity index (χ0v) is 19.9. The molecule has 2 amide bonds. The van der Waals surface area contributed by atoms with E-state index in [0.29, 0.717) is 12.8 Å². The van der Waals surface area contributed by atoms with E-state index in [2.05, 4.69) is 31.8 Å². The molecule has 0 aliphatic carbocycles. The molecule has 0 radical (unpaired) electrons. The molecule has 1 aliphatic rings. The van der Waals surface area contributed by atoms with Crippen LogP contribution in [0.25, 0.3) is 0 Å². The van der Waals surface area contributed by atoms with E-state index in [4.69, 9.17) is 9.47 Å². The van der Waals surface area contributed by atoms with Crippen LogP contribution in [-0.2, 0) is 25.5 Å². The molecule has 7 heteroatoms. The van der Waals surface area contributed by atoms with Crippen molar-refractivity contribution in [2.45, 2.75) is 57.4 Å². The largest absolute Gasteiger partial charge is 0.465 e. The summed E-state index contributed by atoms with van der Waals surface area (Å²) in [6.45, 7) is 7.07. The topological polar surface area (TPSA) is 72.9 Å². The minimum Gasteiger partial charge on any atom is -0.465 e. The average molecular weight is 444 g/mol. The van der Waals surface area contributed by atoms with Crippen molar-refractivity contribution < 1.29 is 23.9 Å². The van der Waals surface area contributed by atoms with Gasteiger partial charge in [-0.2, -0.15) is 0 Å². The summed E-state index contributed by atoms with van der Waals surface area (Å²) >= 11 is 0. The van der Waals surface area contributed by atoms with Gasteiger partial charge in [-0.1, -0.05) is 68.2 Å². The Bertz CT molecular complexity index is 826. The van der Waals surface area contributed by atoms with Crippen molar-refractivity contribution in [2.24, 2.45) is 0 Å². The summed E-state index contributed by atoms with van der Waals surface area (Å²) in [4.78, 5) is 38.6. The van der Waals surface area contributed by atoms with Crippen LogP contribution in [0.15, 0.2) is 54.1 Å². The number of cyclic esters (lactones) is 1. The Balaban J connectivity index is 2.04. The minimum atomic E-state index is -1.09. The van der Waals surface area contributed by atoms with Gasteiger partial charge in [0.2, 0.25) is 0 Å². The van der Waals surface area contributed by atoms with Crippen LogP contribution < -0.4 is 0 Å². The van der Waals surface area contributed by atoms with Crippen LogP contribution in [0.2, 0.25) is 25.7 Å². The van der Waals surface area contributed by atoms with Crippen LogP contribution in [0.3, 0.4) is 0 Å². The summed E-state index contributed by atoms with van der Waals surface area (Å²) in [7, 11) is 0.140. The number of ether oxygens (including phenoxy) is 2. The predicted octanol–water partition coefficient (Wildman–Crippen LogP) is 4.74. The van der Waals surface area contributed by atoms with Gasteiger partial charge >= 0.3 is 12.1 Å². The lowest BCUT2D eigenvalue weighted by molar-refractivity contribution is -0.139. The second-order valence-corrected chi connectivity index (χ2v) is 14.4. The van der Waals surface area contributed by atoms with E-state index in [1.54, 1.807) is 6.08 Å². The van der Waals surface area contributed by atoms with E-state index in [1.807, 2.05) is 30.3 Å². The molecule has 1 aromatic carbocycles. The average Bonchev–Trinajstić information content (AvgIpc) is 3.09. The van der Waals surface area contributed by atoms with Gasteiger partial charge in [-0.3, -0.25) is 4.79 Å². The lowest BCUT2D eigenvalue weighted by Crippen LogP contribution is -2.42. The summed E-state index contributed by atoms with van der Waals surface area (Å²) in [5, 5.41) is 0. The molecule has 2 rings (SSSR count). The predicted molar refractivity (Wildman–Crippen MR) is 123 cm³/mol. The maximum atomic E-state index is 13.1. The number of rotatable bonds is 10. The summed E-state index contributed by atoms with van der Waals surface area (Å²) in [5.74, 6) is -1.40. The number of carbonyl (C=O) groups excluding carboxylic acids is 3. The maximum absolute atomic E-state index is 13.1. The number of imide groups is 1. The first kappa shape index (κ1) is 24.6. The fraction of sp³-hybridized carbons (Fsp3) is 0.458. The molecule has 0 spiro atoms. The quantitative estimate of drug-likeness (QED) is 0.0993. The summed E-state index contributed by atoms with van der Waals surface area (Å²) in [6.07, 6.45) is 7.89. The number of hydrogen-bond donors (Lipinski definition) is 0. The van der Waals surface area contributed by atoms with E-state index in [-0.39, 0.29) is 12.2 Å². The molecule has 0 aromatic heterocycles. The molecular formula is C24H33NO5Si. The van der Waals surface area contributed by atoms with Crippen molar-refractivity contribution in [1.82, 2.24) is 4.90 Å². The Morgan fingerprint density at radius 3 is 2.52 bits per heavy atom. The van der Waals surface area contributed by atoms with Gasteiger partial charge in [-0.05, 0) is 37.3 Å². The number of unbranched alkanes of at least 4 members (excludes halogenated alkanes) is 2. The Labute approximate surface area is 185 Å². The SMILES string of the molecule is COC(=O)/C(=C/CCC/C=C/C[Si](C)(C)C)C(=O)N1C(=O)OC[C@@H]1Cc1ccccc1. The lowest BCUT2D eigenvalue weighted by atomic mass is 10.0. The number of carbonyl (C=O) groups is 3. The van der Waals surface area contributed by atoms with Crippen molar-refractivity contribution in [1.29, 1.82) is 0 Å². The van der Waals surface area contributed by atoms with Gasteiger partial charge in [0.15, 0.2) is 0 Å². The van der Waals surface area contributed by atoms with Crippen LogP contribution in [0.5, 0.6) is 0 Å². The van der Waals surface area contributed by atoms with E-state index in [1.165, 1.54) is 7.11 Å². The fourth-order valence-electron chi connectivity index (χ4n) is 3.28. The van der Waals surface area contributed by atoms with Crippen molar-refractivity contribution in [2.75, 3.05) is 13.7 Å². The Hall–Kier alpha value is -2.67. The molecule has 0 unspecified atom stereocenters. The summed E-state index contributed by atoms with van der Waals surface area (Å²) in [5.41, 5.74) is 0.864. The number of hydrogen-bond acceptors (Lipinski definition) is 5. The second-order valence-electron chi connectivity index (χ2n) is 8.87. The van der Waals surface area contributed by atoms with Crippen LogP contribution in [0.1, 0.15) is 24.8 Å². The van der Waals surface area contributed by atoms with E-state index >= 15 is 0 Å². The monoisotopic (exact) mass is 443 g/mol. The minimum absolute atomic E-state index is 0.107. The standard InChI is InChI=1S/C24H33NO5Si/c1-29-23(27)21(15-11-6-5-7-12-16-31(2,3)4)22(26)25-20(18-30-24(25)28)17-19-13-9-8-10-14-19/h7-10,12-15,20H,5-6,11,16-18H2,1-4H3/b12-7+,21-15+/t20-/m0/s1. The number of nitrogens with zero attached hydrogens (tertiary/aromatic N) is 1. The van der Waals surface area contributed by atoms with Crippen LogP contribution in [0, 0.1) is 0 Å². The third-order valence-corrected chi connectivity index (χ3v) is 6.41. The molecule has 0 N–H and O–H groups in total. The molecule has 1 aliphatic heterocycles. The first-order valence-electron chi connectivity index (χ1n) is 10.7. The number of amides is 2. The zero-order chi connectivity index (χ0) is 22.9. The molecule has 6 nitrogen and oxygen atoms in total. The molecule has 31 heavy (non-hydrogen) atoms. The van der Waals surface area contributed by atoms with Crippen LogP contribution in [-0.4, -0.2) is 50.7 Å². The molecular weight excluding hydrogens is 410 g/mol. The highest BCUT2D eigenvalue weighted by Crippen LogP contribution is 2.21. The normalized spacial score (nSPS) is 17.2. The van der Waals surface area contributed by atoms with Crippen LogP contribution in [0.4, 0.5) is 4.79 Å². The van der Waals surface area contributed by atoms with E-state index in [0.717, 1.165) is 29.3 Å². The first-order valence-corrected chi connectivity index (χ1v) is 14.4. The number of methoxy groups -OCH3 is 1. The van der Waals surface area contributed by atoms with Gasteiger partial charge in [0.1, 0.15) is 12.2 Å². The highest BCUT2D eigenvalue weighted by atomic mass is 28.3. The third kappa shape index (κ3) is 7.83. The second kappa shape index (κ2) is 11.6. The Morgan fingerprint density at radius 2 is 1.87 bits per heavy atom. The van der Waals surface area contributed by atoms with Crippen molar-refractivity contribution >= 4 is 26.0 Å². The molecule has 1 atom stereocenters. The first-order chi connectivity index (χ1) is 14.7. The molecule has 1 fully saturated rings. The lowest BCUT2D eigenvalue weighted by Gasteiger charge is -2.20. The van der Waals surface area contributed by atoms with Crippen LogP contribution >= 0.6 is 0 Å². The molecule has 1 saturated heterocycles. The van der Waals surface area contributed by atoms with Crippen molar-refractivity contribution in [3.63, 3.8) is 0 Å². The molecule has 168 valence electrons. The number of esters is 1. The third-order valence-electron chi connectivity index (χ3n) is 4.95. The highest BCUT2D eigenvalue weighted by Gasteiger charge is 2.40. The summed E-state index contributed by atoms with van der Waals surface area (Å²) in [6, 6.07) is 10.2. The molecule has 0 bridgehead atoms. The number of benzene rings is 1. The van der Waals surface area contributed by atoms with Gasteiger partial charge in [0, 0.05) is 8.07 Å². The van der Waals surface area contributed by atoms with E-state index < -0.39 is 32.1 Å². The van der Waals surface area contributed by atoms with Gasteiger partial charge in [-0.15, -0.1) is 0 Å². The highest BCUT2D eigenvalue weighted by molar-refractivity contribution is 6.76. The van der Waals surface area contributed by atoms with Gasteiger partial charge in [-0.25, -0.2) is 14.5 Å². The maximum Gasteiger partial charge on any atom is 0.417 e. The van der Waals surface area contributed by atoms with Gasteiger partial charge in [0.05, 0.1) is 13.2 Å². The molecule has 0 saturated carbocycles. The van der Waals surface area contributed by atoms with E-state index in [9.17, 15) is 14.4 Å². The Morgan fingerprint density at radius 1 is 1.16 bits per heavy atom. The Kier molecular flexibility index (Phi) is 9.24. The summed E-state index contributed by atoms with van der Waals surface area (Å²) < 4.78 is 9.91. The van der Waals surface area contributed by atoms with Gasteiger partial charge < -0.3 is 9.47 Å². The smallest absolute Gasteiger partial charge is 0.417 e. The fourth-order valence-corrected chi connectivity index (χ4v) is 4.15. The molecule has 1 heterocycles. The van der Waals surface area contributed by atoms with Crippen molar-refractivity contribution in [3.8, 4) is 0 Å².